The van der Waals surface area contributed by atoms with Gasteiger partial charge in [-0.2, -0.15) is 9.97 Å². The van der Waals surface area contributed by atoms with Crippen molar-refractivity contribution in [2.75, 3.05) is 41.3 Å². The van der Waals surface area contributed by atoms with Crippen LogP contribution in [0.4, 0.5) is 23.5 Å². The summed E-state index contributed by atoms with van der Waals surface area (Å²) in [5, 5.41) is 18.7. The highest BCUT2D eigenvalue weighted by Crippen LogP contribution is 2.26. The van der Waals surface area contributed by atoms with Gasteiger partial charge in [0.15, 0.2) is 11.6 Å². The zero-order valence-electron chi connectivity index (χ0n) is 13.0. The number of hydrogen-bond donors (Lipinski definition) is 5. The maximum absolute atomic E-state index is 9.39. The Hall–Kier alpha value is -2.42. The molecule has 0 spiro atoms. The average Bonchev–Trinajstić information content (AvgIpc) is 2.46. The lowest BCUT2D eigenvalue weighted by Crippen LogP contribution is -2.18. The Labute approximate surface area is 128 Å². The molecular formula is C13H22N8O. The highest BCUT2D eigenvalue weighted by atomic mass is 16.3. The van der Waals surface area contributed by atoms with Crippen LogP contribution in [-0.4, -0.2) is 50.8 Å². The minimum Gasteiger partial charge on any atom is -0.392 e. The van der Waals surface area contributed by atoms with Crippen LogP contribution in [0.25, 0.3) is 11.0 Å². The molecule has 0 aliphatic heterocycles. The van der Waals surface area contributed by atoms with Crippen LogP contribution >= 0.6 is 0 Å². The molecule has 0 amide bonds. The van der Waals surface area contributed by atoms with Crippen LogP contribution in [0.2, 0.25) is 0 Å². The summed E-state index contributed by atoms with van der Waals surface area (Å²) >= 11 is 0. The average molecular weight is 306 g/mol. The second kappa shape index (κ2) is 7.03. The van der Waals surface area contributed by atoms with Crippen molar-refractivity contribution in [1.82, 2.24) is 19.9 Å². The molecule has 0 fully saturated rings. The summed E-state index contributed by atoms with van der Waals surface area (Å²) in [4.78, 5) is 17.2. The summed E-state index contributed by atoms with van der Waals surface area (Å²) in [7, 11) is 0. The van der Waals surface area contributed by atoms with E-state index in [1.54, 1.807) is 6.92 Å². The number of nitrogens with one attached hydrogen (secondary N) is 3. The maximum Gasteiger partial charge on any atom is 0.225 e. The van der Waals surface area contributed by atoms with Crippen molar-refractivity contribution in [2.24, 2.45) is 0 Å². The molecule has 0 unspecified atom stereocenters. The maximum atomic E-state index is 9.39. The van der Waals surface area contributed by atoms with Crippen molar-refractivity contribution in [1.29, 1.82) is 0 Å². The molecule has 0 bridgehead atoms. The predicted octanol–water partition coefficient (Wildman–Crippen LogP) is 0.658. The van der Waals surface area contributed by atoms with Gasteiger partial charge in [0, 0.05) is 19.6 Å². The summed E-state index contributed by atoms with van der Waals surface area (Å²) < 4.78 is 0. The number of nitrogens with zero attached hydrogens (tertiary/aromatic N) is 4. The number of aliphatic hydroxyl groups excluding tert-OH is 1. The number of hydrogen-bond acceptors (Lipinski definition) is 9. The van der Waals surface area contributed by atoms with Crippen molar-refractivity contribution in [3.05, 3.63) is 0 Å². The van der Waals surface area contributed by atoms with Crippen LogP contribution < -0.4 is 21.7 Å². The highest BCUT2D eigenvalue weighted by molar-refractivity contribution is 5.94. The van der Waals surface area contributed by atoms with Gasteiger partial charge in [0.1, 0.15) is 11.0 Å². The molecule has 2 aromatic heterocycles. The first-order valence-electron chi connectivity index (χ1n) is 7.30. The van der Waals surface area contributed by atoms with Crippen LogP contribution in [0.15, 0.2) is 0 Å². The van der Waals surface area contributed by atoms with E-state index in [2.05, 4.69) is 35.9 Å². The fourth-order valence-corrected chi connectivity index (χ4v) is 1.93. The van der Waals surface area contributed by atoms with E-state index in [9.17, 15) is 5.11 Å². The lowest BCUT2D eigenvalue weighted by Gasteiger charge is -2.13. The monoisotopic (exact) mass is 306 g/mol. The Bertz CT molecular complexity index is 645. The van der Waals surface area contributed by atoms with Crippen LogP contribution in [-0.2, 0) is 0 Å². The standard InChI is InChI=1S/C13H22N8O/c1-4-15-10-9-8(18-12(14)20-10)11(16-5-2)21-13(19-9)17-6-7(3)22/h7,22H,4-6H2,1-3H3,(H3,14,15,18,20)(H2,16,17,19,21)/t7-/m0/s1. The first-order valence-corrected chi connectivity index (χ1v) is 7.30. The molecule has 2 rings (SSSR count). The van der Waals surface area contributed by atoms with Crippen LogP contribution in [0, 0.1) is 0 Å². The first-order chi connectivity index (χ1) is 10.5. The summed E-state index contributed by atoms with van der Waals surface area (Å²) in [6.45, 7) is 7.33. The summed E-state index contributed by atoms with van der Waals surface area (Å²) in [5.74, 6) is 1.70. The van der Waals surface area contributed by atoms with E-state index in [-0.39, 0.29) is 5.95 Å². The van der Waals surface area contributed by atoms with Crippen molar-refractivity contribution >= 4 is 34.6 Å². The van der Waals surface area contributed by atoms with Crippen LogP contribution in [0.5, 0.6) is 0 Å². The van der Waals surface area contributed by atoms with Gasteiger partial charge in [-0.25, -0.2) is 9.97 Å². The Morgan fingerprint density at radius 1 is 0.955 bits per heavy atom. The highest BCUT2D eigenvalue weighted by Gasteiger charge is 2.14. The molecular weight excluding hydrogens is 284 g/mol. The molecule has 120 valence electrons. The predicted molar refractivity (Wildman–Crippen MR) is 88.0 cm³/mol. The number of aromatic nitrogens is 4. The summed E-state index contributed by atoms with van der Waals surface area (Å²) in [6.07, 6.45) is -0.502. The van der Waals surface area contributed by atoms with Gasteiger partial charge < -0.3 is 26.8 Å². The molecule has 0 radical (unpaired) electrons. The Kier molecular flexibility index (Phi) is 5.10. The third-order valence-electron chi connectivity index (χ3n) is 2.81. The van der Waals surface area contributed by atoms with Gasteiger partial charge in [-0.3, -0.25) is 0 Å². The van der Waals surface area contributed by atoms with E-state index < -0.39 is 6.10 Å². The zero-order chi connectivity index (χ0) is 16.1. The number of fused-ring (bicyclic) bond motifs is 1. The Balaban J connectivity index is 2.55. The Morgan fingerprint density at radius 3 is 2.14 bits per heavy atom. The molecule has 0 saturated heterocycles. The molecule has 0 saturated carbocycles. The number of aliphatic hydroxyl groups is 1. The second-order valence-electron chi connectivity index (χ2n) is 4.81. The van der Waals surface area contributed by atoms with E-state index in [1.165, 1.54) is 0 Å². The number of nitrogens with two attached hydrogens (primary N) is 1. The van der Waals surface area contributed by atoms with E-state index in [0.29, 0.717) is 48.3 Å². The molecule has 2 heterocycles. The van der Waals surface area contributed by atoms with Gasteiger partial charge in [0.25, 0.3) is 0 Å². The van der Waals surface area contributed by atoms with Crippen molar-refractivity contribution in [2.45, 2.75) is 26.9 Å². The van der Waals surface area contributed by atoms with Crippen molar-refractivity contribution in [3.8, 4) is 0 Å². The summed E-state index contributed by atoms with van der Waals surface area (Å²) in [5.41, 5.74) is 6.90. The van der Waals surface area contributed by atoms with Gasteiger partial charge in [0.05, 0.1) is 6.10 Å². The molecule has 9 nitrogen and oxygen atoms in total. The molecule has 1 atom stereocenters. The van der Waals surface area contributed by atoms with Crippen LogP contribution in [0.3, 0.4) is 0 Å². The van der Waals surface area contributed by atoms with Crippen LogP contribution in [0.1, 0.15) is 20.8 Å². The normalized spacial score (nSPS) is 12.2. The van der Waals surface area contributed by atoms with Gasteiger partial charge >= 0.3 is 0 Å². The fraction of sp³-hybridized carbons (Fsp3) is 0.538. The number of nitrogen functional groups attached to an aromatic ring is 1. The fourth-order valence-electron chi connectivity index (χ4n) is 1.93. The molecule has 0 aliphatic carbocycles. The van der Waals surface area contributed by atoms with E-state index in [4.69, 9.17) is 5.73 Å². The molecule has 2 aromatic rings. The largest absolute Gasteiger partial charge is 0.392 e. The van der Waals surface area contributed by atoms with Gasteiger partial charge in [-0.05, 0) is 20.8 Å². The zero-order valence-corrected chi connectivity index (χ0v) is 13.0. The van der Waals surface area contributed by atoms with Gasteiger partial charge in [-0.15, -0.1) is 0 Å². The van der Waals surface area contributed by atoms with Crippen molar-refractivity contribution in [3.63, 3.8) is 0 Å². The third-order valence-corrected chi connectivity index (χ3v) is 2.81. The lowest BCUT2D eigenvalue weighted by atomic mass is 10.3. The minimum absolute atomic E-state index is 0.163. The smallest absolute Gasteiger partial charge is 0.225 e. The molecule has 6 N–H and O–H groups in total. The van der Waals surface area contributed by atoms with Gasteiger partial charge in [0.2, 0.25) is 11.9 Å². The molecule has 0 aromatic carbocycles. The Morgan fingerprint density at radius 2 is 1.55 bits per heavy atom. The quantitative estimate of drug-likeness (QED) is 0.500. The lowest BCUT2D eigenvalue weighted by molar-refractivity contribution is 0.208. The van der Waals surface area contributed by atoms with E-state index in [0.717, 1.165) is 0 Å². The molecule has 22 heavy (non-hydrogen) atoms. The number of rotatable bonds is 7. The number of anilines is 4. The van der Waals surface area contributed by atoms with Gasteiger partial charge in [-0.1, -0.05) is 0 Å². The first kappa shape index (κ1) is 16.0. The van der Waals surface area contributed by atoms with E-state index in [1.807, 2.05) is 13.8 Å². The second-order valence-corrected chi connectivity index (χ2v) is 4.81. The van der Waals surface area contributed by atoms with Crippen molar-refractivity contribution < 1.29 is 5.11 Å². The minimum atomic E-state index is -0.502. The van der Waals surface area contributed by atoms with E-state index >= 15 is 0 Å². The SMILES string of the molecule is CCNc1nc(NC[C@H](C)O)nc2c(NCC)nc(N)nc12. The molecule has 0 aliphatic rings. The summed E-state index contributed by atoms with van der Waals surface area (Å²) in [6, 6.07) is 0. The third kappa shape index (κ3) is 3.61. The topological polar surface area (TPSA) is 134 Å². The molecule has 9 heteroatoms.